The van der Waals surface area contributed by atoms with E-state index in [0.717, 1.165) is 18.4 Å². The largest absolute Gasteiger partial charge is 0.508 e. The number of aromatic hydroxyl groups is 1. The van der Waals surface area contributed by atoms with Crippen molar-refractivity contribution in [2.75, 3.05) is 6.61 Å². The van der Waals surface area contributed by atoms with Gasteiger partial charge in [0.05, 0.1) is 11.6 Å². The van der Waals surface area contributed by atoms with Crippen molar-refractivity contribution < 1.29 is 19.4 Å². The van der Waals surface area contributed by atoms with E-state index in [1.807, 2.05) is 6.92 Å². The highest BCUT2D eigenvalue weighted by Crippen LogP contribution is 2.24. The number of benzene rings is 2. The first kappa shape index (κ1) is 19.0. The minimum atomic E-state index is -0.637. The molecule has 2 N–H and O–H groups in total. The molecule has 0 aliphatic heterocycles. The zero-order valence-corrected chi connectivity index (χ0v) is 15.7. The number of ether oxygens (including phenoxy) is 1. The number of rotatable bonds is 5. The van der Waals surface area contributed by atoms with E-state index in [-0.39, 0.29) is 29.9 Å². The van der Waals surface area contributed by atoms with Crippen molar-refractivity contribution in [1.82, 2.24) is 5.32 Å². The number of carbonyl (C=O) groups excluding carboxylic acids is 2. The minimum absolute atomic E-state index is 0.0231. The molecule has 1 unspecified atom stereocenters. The van der Waals surface area contributed by atoms with Gasteiger partial charge in [0.15, 0.2) is 6.61 Å². The number of esters is 1. The molecule has 0 heterocycles. The second-order valence-corrected chi connectivity index (χ2v) is 7.10. The fourth-order valence-electron chi connectivity index (χ4n) is 3.34. The molecule has 2 aromatic carbocycles. The molecule has 5 heteroatoms. The smallest absolute Gasteiger partial charge is 0.338 e. The van der Waals surface area contributed by atoms with Crippen molar-refractivity contribution >= 4 is 11.9 Å². The maximum atomic E-state index is 12.1. The summed E-state index contributed by atoms with van der Waals surface area (Å²) < 4.78 is 5.05. The van der Waals surface area contributed by atoms with Crippen molar-refractivity contribution in [1.29, 1.82) is 0 Å². The van der Waals surface area contributed by atoms with Crippen LogP contribution in [0.5, 0.6) is 5.75 Å². The molecule has 142 valence electrons. The molecule has 2 aromatic rings. The van der Waals surface area contributed by atoms with Gasteiger partial charge in [0.2, 0.25) is 0 Å². The zero-order valence-electron chi connectivity index (χ0n) is 15.7. The second-order valence-electron chi connectivity index (χ2n) is 7.10. The molecule has 1 aliphatic carbocycles. The van der Waals surface area contributed by atoms with Gasteiger partial charge in [-0.25, -0.2) is 4.79 Å². The van der Waals surface area contributed by atoms with Crippen LogP contribution >= 0.6 is 0 Å². The van der Waals surface area contributed by atoms with Crippen LogP contribution in [-0.4, -0.2) is 23.6 Å². The molecular weight excluding hydrogens is 342 g/mol. The van der Waals surface area contributed by atoms with Gasteiger partial charge in [-0.15, -0.1) is 0 Å². The van der Waals surface area contributed by atoms with Crippen molar-refractivity contribution in [3.05, 3.63) is 64.2 Å². The molecule has 1 aliphatic rings. The lowest BCUT2D eigenvalue weighted by molar-refractivity contribution is -0.124. The van der Waals surface area contributed by atoms with Gasteiger partial charge < -0.3 is 15.2 Å². The van der Waals surface area contributed by atoms with Gasteiger partial charge >= 0.3 is 5.97 Å². The summed E-state index contributed by atoms with van der Waals surface area (Å²) in [6, 6.07) is 10.7. The summed E-state index contributed by atoms with van der Waals surface area (Å²) in [6.07, 6.45) is 4.66. The number of nitrogens with one attached hydrogen (secondary N) is 1. The van der Waals surface area contributed by atoms with Gasteiger partial charge in [-0.05, 0) is 73.9 Å². The standard InChI is InChI=1S/C22H25NO4/c1-14-7-8-19(12-20(14)24)22(26)27-13-21(25)23-15(2)17-10-9-16-5-3-4-6-18(16)11-17/h7-12,15,24H,3-6,13H2,1-2H3,(H,23,25). The monoisotopic (exact) mass is 367 g/mol. The summed E-state index contributed by atoms with van der Waals surface area (Å²) in [5.41, 5.74) is 4.71. The quantitative estimate of drug-likeness (QED) is 0.792. The van der Waals surface area contributed by atoms with Crippen LogP contribution < -0.4 is 5.32 Å². The van der Waals surface area contributed by atoms with Crippen molar-refractivity contribution in [3.63, 3.8) is 0 Å². The summed E-state index contributed by atoms with van der Waals surface area (Å²) in [7, 11) is 0. The number of hydrogen-bond acceptors (Lipinski definition) is 4. The average molecular weight is 367 g/mol. The highest BCUT2D eigenvalue weighted by molar-refractivity contribution is 5.91. The summed E-state index contributed by atoms with van der Waals surface area (Å²) in [4.78, 5) is 24.2. The van der Waals surface area contributed by atoms with Crippen LogP contribution in [0.2, 0.25) is 0 Å². The van der Waals surface area contributed by atoms with E-state index in [2.05, 4.69) is 23.5 Å². The molecule has 5 nitrogen and oxygen atoms in total. The van der Waals surface area contributed by atoms with Gasteiger partial charge in [0.25, 0.3) is 5.91 Å². The zero-order chi connectivity index (χ0) is 19.4. The Morgan fingerprint density at radius 2 is 1.85 bits per heavy atom. The first-order chi connectivity index (χ1) is 12.9. The molecule has 0 spiro atoms. The molecule has 0 radical (unpaired) electrons. The summed E-state index contributed by atoms with van der Waals surface area (Å²) >= 11 is 0. The molecule has 0 saturated carbocycles. The molecule has 0 bridgehead atoms. The van der Waals surface area contributed by atoms with Gasteiger partial charge in [-0.2, -0.15) is 0 Å². The van der Waals surface area contributed by atoms with Crippen LogP contribution in [0.4, 0.5) is 0 Å². The third-order valence-electron chi connectivity index (χ3n) is 5.03. The van der Waals surface area contributed by atoms with Crippen LogP contribution in [0, 0.1) is 6.92 Å². The van der Waals surface area contributed by atoms with E-state index < -0.39 is 5.97 Å². The third kappa shape index (κ3) is 4.67. The molecule has 3 rings (SSSR count). The lowest BCUT2D eigenvalue weighted by Gasteiger charge is -2.20. The van der Waals surface area contributed by atoms with Gasteiger partial charge in [0.1, 0.15) is 5.75 Å². The Morgan fingerprint density at radius 1 is 1.11 bits per heavy atom. The molecule has 1 amide bonds. The van der Waals surface area contributed by atoms with Crippen LogP contribution in [0.25, 0.3) is 0 Å². The highest BCUT2D eigenvalue weighted by atomic mass is 16.5. The summed E-state index contributed by atoms with van der Waals surface area (Å²) in [6.45, 7) is 3.30. The maximum Gasteiger partial charge on any atom is 0.338 e. The molecule has 0 fully saturated rings. The number of aryl methyl sites for hydroxylation is 3. The number of carbonyl (C=O) groups is 2. The fraction of sp³-hybridized carbons (Fsp3) is 0.364. The Balaban J connectivity index is 1.54. The maximum absolute atomic E-state index is 12.1. The van der Waals surface area contributed by atoms with Crippen LogP contribution in [0.15, 0.2) is 36.4 Å². The van der Waals surface area contributed by atoms with Crippen LogP contribution in [0.3, 0.4) is 0 Å². The fourth-order valence-corrected chi connectivity index (χ4v) is 3.34. The van der Waals surface area contributed by atoms with Gasteiger partial charge in [-0.1, -0.05) is 24.3 Å². The Kier molecular flexibility index (Phi) is 5.79. The van der Waals surface area contributed by atoms with Gasteiger partial charge in [-0.3, -0.25) is 4.79 Å². The predicted octanol–water partition coefficient (Wildman–Crippen LogP) is 3.61. The molecule has 0 saturated heterocycles. The molecule has 27 heavy (non-hydrogen) atoms. The van der Waals surface area contributed by atoms with E-state index in [0.29, 0.717) is 5.56 Å². The minimum Gasteiger partial charge on any atom is -0.508 e. The van der Waals surface area contributed by atoms with Crippen molar-refractivity contribution in [2.24, 2.45) is 0 Å². The predicted molar refractivity (Wildman–Crippen MR) is 103 cm³/mol. The Labute approximate surface area is 159 Å². The van der Waals surface area contributed by atoms with Crippen molar-refractivity contribution in [2.45, 2.75) is 45.6 Å². The number of phenols is 1. The average Bonchev–Trinajstić information content (AvgIpc) is 2.67. The molecular formula is C22H25NO4. The number of amides is 1. The number of hydrogen-bond donors (Lipinski definition) is 2. The third-order valence-corrected chi connectivity index (χ3v) is 5.03. The normalized spacial score (nSPS) is 14.1. The second kappa shape index (κ2) is 8.25. The Bertz CT molecular complexity index is 859. The molecule has 1 atom stereocenters. The van der Waals surface area contributed by atoms with E-state index in [1.54, 1.807) is 19.1 Å². The first-order valence-corrected chi connectivity index (χ1v) is 9.32. The van der Waals surface area contributed by atoms with Crippen LogP contribution in [0.1, 0.15) is 58.4 Å². The van der Waals surface area contributed by atoms with E-state index in [9.17, 15) is 14.7 Å². The number of phenolic OH excluding ortho intramolecular Hbond substituents is 1. The lowest BCUT2D eigenvalue weighted by Crippen LogP contribution is -2.31. The Hall–Kier alpha value is -2.82. The van der Waals surface area contributed by atoms with Crippen LogP contribution in [-0.2, 0) is 22.4 Å². The van der Waals surface area contributed by atoms with Gasteiger partial charge in [0, 0.05) is 0 Å². The Morgan fingerprint density at radius 3 is 2.59 bits per heavy atom. The topological polar surface area (TPSA) is 75.6 Å². The molecule has 0 aromatic heterocycles. The summed E-state index contributed by atoms with van der Waals surface area (Å²) in [5, 5.41) is 12.5. The number of fused-ring (bicyclic) bond motifs is 1. The lowest BCUT2D eigenvalue weighted by atomic mass is 9.89. The van der Waals surface area contributed by atoms with E-state index in [4.69, 9.17) is 4.74 Å². The SMILES string of the molecule is Cc1ccc(C(=O)OCC(=O)NC(C)c2ccc3c(c2)CCCC3)cc1O. The summed E-state index contributed by atoms with van der Waals surface area (Å²) in [5.74, 6) is -0.971. The van der Waals surface area contributed by atoms with E-state index in [1.165, 1.54) is 30.0 Å². The highest BCUT2D eigenvalue weighted by Gasteiger charge is 2.16. The first-order valence-electron chi connectivity index (χ1n) is 9.32. The van der Waals surface area contributed by atoms with Crippen molar-refractivity contribution in [3.8, 4) is 5.75 Å². The van der Waals surface area contributed by atoms with E-state index >= 15 is 0 Å².